The van der Waals surface area contributed by atoms with Gasteiger partial charge in [-0.1, -0.05) is 6.92 Å². The Hall–Kier alpha value is -1.40. The molecule has 1 aliphatic heterocycles. The Labute approximate surface area is 126 Å². The van der Waals surface area contributed by atoms with E-state index in [9.17, 15) is 4.79 Å². The van der Waals surface area contributed by atoms with Crippen molar-refractivity contribution in [3.63, 3.8) is 0 Å². The van der Waals surface area contributed by atoms with Crippen molar-refractivity contribution in [1.29, 1.82) is 0 Å². The second-order valence-electron chi connectivity index (χ2n) is 5.89. The van der Waals surface area contributed by atoms with Crippen LogP contribution >= 0.6 is 0 Å². The SMILES string of the molecule is CC[C@H](N)C(=O)N1CCN(Cc2c(C)nn(C)c2C)CC1. The summed E-state index contributed by atoms with van der Waals surface area (Å²) in [4.78, 5) is 16.4. The number of hydrogen-bond acceptors (Lipinski definition) is 4. The van der Waals surface area contributed by atoms with Crippen molar-refractivity contribution in [2.24, 2.45) is 12.8 Å². The van der Waals surface area contributed by atoms with E-state index in [0.29, 0.717) is 6.42 Å². The first kappa shape index (κ1) is 16.0. The van der Waals surface area contributed by atoms with E-state index >= 15 is 0 Å². The molecule has 6 heteroatoms. The van der Waals surface area contributed by atoms with Crippen LogP contribution in [0.15, 0.2) is 0 Å². The molecule has 2 heterocycles. The Morgan fingerprint density at radius 1 is 1.29 bits per heavy atom. The summed E-state index contributed by atoms with van der Waals surface area (Å²) in [6.45, 7) is 10.4. The highest BCUT2D eigenvalue weighted by atomic mass is 16.2. The third kappa shape index (κ3) is 3.44. The zero-order valence-corrected chi connectivity index (χ0v) is 13.6. The summed E-state index contributed by atoms with van der Waals surface area (Å²) in [5, 5.41) is 4.46. The fraction of sp³-hybridized carbons (Fsp3) is 0.733. The number of carbonyl (C=O) groups excluding carboxylic acids is 1. The third-order valence-electron chi connectivity index (χ3n) is 4.48. The van der Waals surface area contributed by atoms with Crippen LogP contribution < -0.4 is 5.73 Å². The molecule has 0 saturated carbocycles. The van der Waals surface area contributed by atoms with Gasteiger partial charge in [-0.2, -0.15) is 5.10 Å². The summed E-state index contributed by atoms with van der Waals surface area (Å²) in [5.74, 6) is 0.0888. The molecule has 0 aromatic carbocycles. The minimum absolute atomic E-state index is 0.0888. The Bertz CT molecular complexity index is 502. The van der Waals surface area contributed by atoms with Crippen molar-refractivity contribution in [2.75, 3.05) is 26.2 Å². The number of rotatable bonds is 4. The van der Waals surface area contributed by atoms with Crippen molar-refractivity contribution in [1.82, 2.24) is 19.6 Å². The van der Waals surface area contributed by atoms with Crippen LogP contribution in [0.1, 0.15) is 30.3 Å². The van der Waals surface area contributed by atoms with Gasteiger partial charge in [-0.05, 0) is 20.3 Å². The monoisotopic (exact) mass is 293 g/mol. The van der Waals surface area contributed by atoms with Gasteiger partial charge in [0.1, 0.15) is 0 Å². The number of nitrogens with zero attached hydrogens (tertiary/aromatic N) is 4. The second kappa shape index (κ2) is 6.58. The van der Waals surface area contributed by atoms with Crippen LogP contribution in [0.25, 0.3) is 0 Å². The first-order chi connectivity index (χ1) is 9.93. The molecular weight excluding hydrogens is 266 g/mol. The standard InChI is InChI=1S/C15H27N5O/c1-5-14(16)15(21)20-8-6-19(7-9-20)10-13-11(2)17-18(4)12(13)3/h14H,5-10,16H2,1-4H3/t14-/m0/s1. The molecule has 0 unspecified atom stereocenters. The van der Waals surface area contributed by atoms with E-state index < -0.39 is 0 Å². The average molecular weight is 293 g/mol. The molecule has 0 aliphatic carbocycles. The quantitative estimate of drug-likeness (QED) is 0.873. The molecule has 0 bridgehead atoms. The lowest BCUT2D eigenvalue weighted by atomic mass is 10.1. The van der Waals surface area contributed by atoms with Gasteiger partial charge < -0.3 is 10.6 Å². The maximum atomic E-state index is 12.1. The molecule has 0 spiro atoms. The molecule has 1 amide bonds. The number of piperazine rings is 1. The van der Waals surface area contributed by atoms with Crippen LogP contribution in [0, 0.1) is 13.8 Å². The van der Waals surface area contributed by atoms with Crippen LogP contribution in [0.5, 0.6) is 0 Å². The number of carbonyl (C=O) groups is 1. The van der Waals surface area contributed by atoms with Gasteiger partial charge in [-0.15, -0.1) is 0 Å². The van der Waals surface area contributed by atoms with E-state index in [4.69, 9.17) is 5.73 Å². The summed E-state index contributed by atoms with van der Waals surface area (Å²) in [6.07, 6.45) is 0.702. The molecule has 1 aromatic heterocycles. The van der Waals surface area contributed by atoms with Gasteiger partial charge in [-0.25, -0.2) is 0 Å². The predicted molar refractivity (Wildman–Crippen MR) is 82.8 cm³/mol. The molecule has 2 rings (SSSR count). The molecule has 1 fully saturated rings. The number of nitrogens with two attached hydrogens (primary N) is 1. The second-order valence-corrected chi connectivity index (χ2v) is 5.89. The Kier molecular flexibility index (Phi) is 5.00. The summed E-state index contributed by atoms with van der Waals surface area (Å²) in [5.41, 5.74) is 9.46. The molecule has 1 aromatic rings. The maximum Gasteiger partial charge on any atom is 0.239 e. The van der Waals surface area contributed by atoms with Crippen LogP contribution in [-0.4, -0.2) is 57.7 Å². The number of amides is 1. The fourth-order valence-corrected chi connectivity index (χ4v) is 2.81. The lowest BCUT2D eigenvalue weighted by Gasteiger charge is -2.35. The minimum Gasteiger partial charge on any atom is -0.339 e. The van der Waals surface area contributed by atoms with Crippen LogP contribution in [-0.2, 0) is 18.4 Å². The number of aryl methyl sites for hydroxylation is 2. The normalized spacial score (nSPS) is 18.0. The first-order valence-electron chi connectivity index (χ1n) is 7.69. The van der Waals surface area contributed by atoms with E-state index in [0.717, 1.165) is 38.4 Å². The van der Waals surface area contributed by atoms with Crippen LogP contribution in [0.4, 0.5) is 0 Å². The van der Waals surface area contributed by atoms with Gasteiger partial charge in [0.05, 0.1) is 11.7 Å². The third-order valence-corrected chi connectivity index (χ3v) is 4.48. The number of hydrogen-bond donors (Lipinski definition) is 1. The van der Waals surface area contributed by atoms with Crippen LogP contribution in [0.3, 0.4) is 0 Å². The van der Waals surface area contributed by atoms with Crippen molar-refractivity contribution in [2.45, 2.75) is 39.8 Å². The first-order valence-corrected chi connectivity index (χ1v) is 7.69. The molecule has 1 atom stereocenters. The van der Waals surface area contributed by atoms with Crippen molar-refractivity contribution < 1.29 is 4.79 Å². The highest BCUT2D eigenvalue weighted by molar-refractivity contribution is 5.81. The minimum atomic E-state index is -0.348. The lowest BCUT2D eigenvalue weighted by molar-refractivity contribution is -0.134. The summed E-state index contributed by atoms with van der Waals surface area (Å²) in [7, 11) is 1.98. The Balaban J connectivity index is 1.91. The highest BCUT2D eigenvalue weighted by Crippen LogP contribution is 2.16. The van der Waals surface area contributed by atoms with E-state index in [-0.39, 0.29) is 11.9 Å². The van der Waals surface area contributed by atoms with Crippen molar-refractivity contribution >= 4 is 5.91 Å². The average Bonchev–Trinajstić information content (AvgIpc) is 2.73. The lowest BCUT2D eigenvalue weighted by Crippen LogP contribution is -2.52. The maximum absolute atomic E-state index is 12.1. The predicted octanol–water partition coefficient (Wildman–Crippen LogP) is 0.418. The van der Waals surface area contributed by atoms with E-state index in [1.807, 2.05) is 23.6 Å². The smallest absolute Gasteiger partial charge is 0.239 e. The van der Waals surface area contributed by atoms with Crippen molar-refractivity contribution in [3.8, 4) is 0 Å². The Morgan fingerprint density at radius 2 is 1.90 bits per heavy atom. The topological polar surface area (TPSA) is 67.4 Å². The molecule has 6 nitrogen and oxygen atoms in total. The summed E-state index contributed by atoms with van der Waals surface area (Å²) in [6, 6.07) is -0.348. The number of aromatic nitrogens is 2. The van der Waals surface area contributed by atoms with Gasteiger partial charge in [0.25, 0.3) is 0 Å². The molecular formula is C15H27N5O. The van der Waals surface area contributed by atoms with Gasteiger partial charge in [0.2, 0.25) is 5.91 Å². The van der Waals surface area contributed by atoms with Gasteiger partial charge in [0, 0.05) is 51.0 Å². The molecule has 118 valence electrons. The van der Waals surface area contributed by atoms with E-state index in [1.54, 1.807) is 0 Å². The molecule has 0 radical (unpaired) electrons. The molecule has 1 aliphatic rings. The molecule has 2 N–H and O–H groups in total. The largest absolute Gasteiger partial charge is 0.339 e. The zero-order chi connectivity index (χ0) is 15.6. The fourth-order valence-electron chi connectivity index (χ4n) is 2.81. The van der Waals surface area contributed by atoms with Crippen LogP contribution in [0.2, 0.25) is 0 Å². The van der Waals surface area contributed by atoms with Crippen molar-refractivity contribution in [3.05, 3.63) is 17.0 Å². The summed E-state index contributed by atoms with van der Waals surface area (Å²) < 4.78 is 1.94. The Morgan fingerprint density at radius 3 is 2.38 bits per heavy atom. The van der Waals surface area contributed by atoms with Gasteiger partial charge >= 0.3 is 0 Å². The van der Waals surface area contributed by atoms with E-state index in [2.05, 4.69) is 23.8 Å². The molecule has 21 heavy (non-hydrogen) atoms. The molecule has 1 saturated heterocycles. The van der Waals surface area contributed by atoms with E-state index in [1.165, 1.54) is 11.3 Å². The zero-order valence-electron chi connectivity index (χ0n) is 13.6. The highest BCUT2D eigenvalue weighted by Gasteiger charge is 2.25. The van der Waals surface area contributed by atoms with Gasteiger partial charge in [-0.3, -0.25) is 14.4 Å². The summed E-state index contributed by atoms with van der Waals surface area (Å²) >= 11 is 0. The van der Waals surface area contributed by atoms with Gasteiger partial charge in [0.15, 0.2) is 0 Å².